The zero-order chi connectivity index (χ0) is 18.2. The van der Waals surface area contributed by atoms with Crippen LogP contribution in [-0.4, -0.2) is 12.6 Å². The summed E-state index contributed by atoms with van der Waals surface area (Å²) in [6.45, 7) is 4.59. The number of rotatable bonds is 15. The van der Waals surface area contributed by atoms with Crippen LogP contribution in [0, 0.1) is 6.42 Å². The van der Waals surface area contributed by atoms with Gasteiger partial charge in [0, 0.05) is 6.42 Å². The number of ether oxygens (including phenoxy) is 1. The Morgan fingerprint density at radius 1 is 0.880 bits per heavy atom. The Hall–Kier alpha value is -1.31. The highest BCUT2D eigenvalue weighted by Gasteiger charge is 2.02. The molecule has 0 spiro atoms. The topological polar surface area (TPSA) is 26.3 Å². The summed E-state index contributed by atoms with van der Waals surface area (Å²) in [4.78, 5) is 11.3. The van der Waals surface area contributed by atoms with Crippen molar-refractivity contribution >= 4 is 5.97 Å². The molecule has 1 aromatic carbocycles. The molecule has 0 aliphatic carbocycles. The average Bonchev–Trinajstić information content (AvgIpc) is 2.62. The van der Waals surface area contributed by atoms with Crippen molar-refractivity contribution in [3.05, 3.63) is 41.8 Å². The van der Waals surface area contributed by atoms with Crippen LogP contribution < -0.4 is 0 Å². The van der Waals surface area contributed by atoms with Gasteiger partial charge in [-0.05, 0) is 50.2 Å². The lowest BCUT2D eigenvalue weighted by Crippen LogP contribution is -2.03. The summed E-state index contributed by atoms with van der Waals surface area (Å²) in [5.74, 6) is -0.0865. The molecular formula is C23H37O2. The Morgan fingerprint density at radius 3 is 2.16 bits per heavy atom. The fourth-order valence-electron chi connectivity index (χ4n) is 3.03. The molecule has 0 saturated heterocycles. The van der Waals surface area contributed by atoms with Crippen molar-refractivity contribution in [2.75, 3.05) is 6.61 Å². The molecule has 1 radical (unpaired) electrons. The molecule has 0 aromatic heterocycles. The third-order valence-electron chi connectivity index (χ3n) is 4.57. The van der Waals surface area contributed by atoms with Crippen LogP contribution in [0.1, 0.15) is 95.6 Å². The van der Waals surface area contributed by atoms with Crippen molar-refractivity contribution in [3.8, 4) is 0 Å². The Labute approximate surface area is 155 Å². The van der Waals surface area contributed by atoms with Crippen LogP contribution >= 0.6 is 0 Å². The molecule has 0 fully saturated rings. The molecule has 25 heavy (non-hydrogen) atoms. The van der Waals surface area contributed by atoms with Gasteiger partial charge in [0.15, 0.2) is 0 Å². The van der Waals surface area contributed by atoms with Gasteiger partial charge < -0.3 is 4.74 Å². The van der Waals surface area contributed by atoms with E-state index in [-0.39, 0.29) is 5.97 Å². The molecule has 0 N–H and O–H groups in total. The summed E-state index contributed by atoms with van der Waals surface area (Å²) in [5, 5.41) is 0. The van der Waals surface area contributed by atoms with E-state index in [0.717, 1.165) is 12.8 Å². The molecule has 0 atom stereocenters. The van der Waals surface area contributed by atoms with Gasteiger partial charge >= 0.3 is 5.97 Å². The Morgan fingerprint density at radius 2 is 1.52 bits per heavy atom. The summed E-state index contributed by atoms with van der Waals surface area (Å²) < 4.78 is 4.94. The number of hydrogen-bond acceptors (Lipinski definition) is 2. The number of carbonyl (C=O) groups excluding carboxylic acids is 1. The number of benzene rings is 1. The third-order valence-corrected chi connectivity index (χ3v) is 4.57. The Balaban J connectivity index is 2.06. The number of unbranched alkanes of at least 4 members (excludes halogenated alkanes) is 8. The van der Waals surface area contributed by atoms with E-state index in [4.69, 9.17) is 4.74 Å². The zero-order valence-corrected chi connectivity index (χ0v) is 16.4. The van der Waals surface area contributed by atoms with Gasteiger partial charge in [0.2, 0.25) is 0 Å². The number of carbonyl (C=O) groups is 1. The first kappa shape index (κ1) is 21.7. The van der Waals surface area contributed by atoms with Crippen LogP contribution in [0.15, 0.2) is 24.3 Å². The molecule has 1 rings (SSSR count). The van der Waals surface area contributed by atoms with Crippen LogP contribution in [0.25, 0.3) is 0 Å². The van der Waals surface area contributed by atoms with Crippen LogP contribution in [0.2, 0.25) is 0 Å². The van der Waals surface area contributed by atoms with E-state index >= 15 is 0 Å². The summed E-state index contributed by atoms with van der Waals surface area (Å²) in [6.07, 6.45) is 16.7. The van der Waals surface area contributed by atoms with Crippen molar-refractivity contribution in [2.45, 2.75) is 90.9 Å². The second kappa shape index (κ2) is 15.0. The molecule has 0 aliphatic heterocycles. The van der Waals surface area contributed by atoms with Gasteiger partial charge in [-0.3, -0.25) is 4.79 Å². The first-order valence-electron chi connectivity index (χ1n) is 10.3. The van der Waals surface area contributed by atoms with E-state index in [0.29, 0.717) is 13.0 Å². The second-order valence-corrected chi connectivity index (χ2v) is 6.87. The molecule has 2 nitrogen and oxygen atoms in total. The molecule has 1 aromatic rings. The fourth-order valence-corrected chi connectivity index (χ4v) is 3.03. The van der Waals surface area contributed by atoms with Crippen molar-refractivity contribution in [1.29, 1.82) is 0 Å². The normalized spacial score (nSPS) is 10.8. The van der Waals surface area contributed by atoms with E-state index in [1.807, 2.05) is 6.92 Å². The van der Waals surface area contributed by atoms with E-state index in [1.165, 1.54) is 68.9 Å². The SMILES string of the molecule is CCCCCCCCCCc1ccc([CH]CCCC(=O)OCC)cc1. The molecular weight excluding hydrogens is 308 g/mol. The first-order valence-corrected chi connectivity index (χ1v) is 10.3. The summed E-state index contributed by atoms with van der Waals surface area (Å²) in [7, 11) is 0. The highest BCUT2D eigenvalue weighted by Crippen LogP contribution is 2.14. The van der Waals surface area contributed by atoms with Crippen molar-refractivity contribution < 1.29 is 9.53 Å². The van der Waals surface area contributed by atoms with Crippen LogP contribution in [0.3, 0.4) is 0 Å². The lowest BCUT2D eigenvalue weighted by atomic mass is 10.0. The van der Waals surface area contributed by atoms with Gasteiger partial charge in [-0.1, -0.05) is 76.1 Å². The Bertz CT molecular complexity index is 436. The van der Waals surface area contributed by atoms with E-state index in [2.05, 4.69) is 37.6 Å². The molecule has 0 aliphatic rings. The maximum Gasteiger partial charge on any atom is 0.305 e. The van der Waals surface area contributed by atoms with Gasteiger partial charge in [-0.15, -0.1) is 0 Å². The van der Waals surface area contributed by atoms with Crippen molar-refractivity contribution in [1.82, 2.24) is 0 Å². The van der Waals surface area contributed by atoms with E-state index < -0.39 is 0 Å². The zero-order valence-electron chi connectivity index (χ0n) is 16.4. The number of hydrogen-bond donors (Lipinski definition) is 0. The standard InChI is InChI=1S/C23H37O2/c1-3-5-6-7-8-9-10-11-14-21-17-19-22(20-18-21)15-12-13-16-23(24)25-4-2/h15,17-20H,3-14,16H2,1-2H3. The van der Waals surface area contributed by atoms with Gasteiger partial charge in [0.25, 0.3) is 0 Å². The smallest absolute Gasteiger partial charge is 0.305 e. The van der Waals surface area contributed by atoms with E-state index in [1.54, 1.807) is 0 Å². The molecule has 0 bridgehead atoms. The van der Waals surface area contributed by atoms with E-state index in [9.17, 15) is 4.79 Å². The third kappa shape index (κ3) is 11.8. The van der Waals surface area contributed by atoms with Gasteiger partial charge in [-0.25, -0.2) is 0 Å². The monoisotopic (exact) mass is 345 g/mol. The average molecular weight is 346 g/mol. The summed E-state index contributed by atoms with van der Waals surface area (Å²) in [6, 6.07) is 8.89. The second-order valence-electron chi connectivity index (χ2n) is 6.87. The fraction of sp³-hybridized carbons (Fsp3) is 0.652. The number of aryl methyl sites for hydroxylation is 1. The highest BCUT2D eigenvalue weighted by atomic mass is 16.5. The maximum atomic E-state index is 11.3. The van der Waals surface area contributed by atoms with Crippen LogP contribution in [0.5, 0.6) is 0 Å². The molecule has 0 amide bonds. The lowest BCUT2D eigenvalue weighted by Gasteiger charge is -2.05. The molecule has 141 valence electrons. The Kier molecular flexibility index (Phi) is 13.0. The molecule has 0 saturated carbocycles. The van der Waals surface area contributed by atoms with Crippen LogP contribution in [-0.2, 0) is 16.0 Å². The maximum absolute atomic E-state index is 11.3. The van der Waals surface area contributed by atoms with Crippen LogP contribution in [0.4, 0.5) is 0 Å². The molecule has 0 heterocycles. The first-order chi connectivity index (χ1) is 12.3. The molecule has 0 unspecified atom stereocenters. The summed E-state index contributed by atoms with van der Waals surface area (Å²) in [5.41, 5.74) is 2.69. The quantitative estimate of drug-likeness (QED) is 0.262. The van der Waals surface area contributed by atoms with Crippen molar-refractivity contribution in [3.63, 3.8) is 0 Å². The minimum Gasteiger partial charge on any atom is -0.466 e. The lowest BCUT2D eigenvalue weighted by molar-refractivity contribution is -0.143. The minimum absolute atomic E-state index is 0.0865. The number of esters is 1. The van der Waals surface area contributed by atoms with Gasteiger partial charge in [-0.2, -0.15) is 0 Å². The highest BCUT2D eigenvalue weighted by molar-refractivity contribution is 5.69. The predicted octanol–water partition coefficient (Wildman–Crippen LogP) is 6.66. The van der Waals surface area contributed by atoms with Gasteiger partial charge in [0.1, 0.15) is 0 Å². The summed E-state index contributed by atoms with van der Waals surface area (Å²) >= 11 is 0. The van der Waals surface area contributed by atoms with Crippen molar-refractivity contribution in [2.24, 2.45) is 0 Å². The predicted molar refractivity (Wildman–Crippen MR) is 107 cm³/mol. The minimum atomic E-state index is -0.0865. The molecule has 2 heteroatoms. The van der Waals surface area contributed by atoms with Gasteiger partial charge in [0.05, 0.1) is 6.61 Å². The largest absolute Gasteiger partial charge is 0.466 e.